The highest BCUT2D eigenvalue weighted by molar-refractivity contribution is 6.30. The molecule has 0 radical (unpaired) electrons. The summed E-state index contributed by atoms with van der Waals surface area (Å²) in [6.45, 7) is 0.332. The van der Waals surface area contributed by atoms with Gasteiger partial charge in [-0.05, 0) is 24.1 Å². The first kappa shape index (κ1) is 13.1. The molecule has 0 saturated heterocycles. The fourth-order valence-electron chi connectivity index (χ4n) is 1.89. The van der Waals surface area contributed by atoms with Crippen molar-refractivity contribution in [1.29, 1.82) is 0 Å². The predicted octanol–water partition coefficient (Wildman–Crippen LogP) is 2.00. The zero-order chi connectivity index (χ0) is 13.1. The van der Waals surface area contributed by atoms with E-state index in [0.29, 0.717) is 13.0 Å². The van der Waals surface area contributed by atoms with Gasteiger partial charge in [0.1, 0.15) is 5.82 Å². The first-order valence-corrected chi connectivity index (χ1v) is 6.09. The highest BCUT2D eigenvalue weighted by Gasteiger charge is 2.22. The molecule has 1 aromatic rings. The number of rotatable bonds is 3. The zero-order valence-corrected chi connectivity index (χ0v) is 10.5. The molecule has 2 atom stereocenters. The van der Waals surface area contributed by atoms with Crippen LogP contribution >= 0.6 is 11.6 Å². The Balaban J connectivity index is 1.89. The Morgan fingerprint density at radius 2 is 2.28 bits per heavy atom. The van der Waals surface area contributed by atoms with Gasteiger partial charge in [-0.1, -0.05) is 29.8 Å². The quantitative estimate of drug-likeness (QED) is 0.824. The second kappa shape index (κ2) is 5.50. The van der Waals surface area contributed by atoms with Crippen LogP contribution in [-0.2, 0) is 11.3 Å². The van der Waals surface area contributed by atoms with Gasteiger partial charge in [0.15, 0.2) is 0 Å². The van der Waals surface area contributed by atoms with Crippen molar-refractivity contribution in [2.75, 3.05) is 0 Å². The molecule has 0 heterocycles. The van der Waals surface area contributed by atoms with Crippen molar-refractivity contribution in [3.05, 3.63) is 46.8 Å². The summed E-state index contributed by atoms with van der Waals surface area (Å²) in [5.74, 6) is -0.702. The first-order valence-electron chi connectivity index (χ1n) is 5.72. The summed E-state index contributed by atoms with van der Waals surface area (Å²) in [6, 6.07) is 4.35. The lowest BCUT2D eigenvalue weighted by Gasteiger charge is -2.10. The van der Waals surface area contributed by atoms with Crippen LogP contribution in [-0.4, -0.2) is 11.9 Å². The number of nitrogens with one attached hydrogen (secondary N) is 1. The summed E-state index contributed by atoms with van der Waals surface area (Å²) in [6.07, 6.45) is 4.28. The number of benzene rings is 1. The summed E-state index contributed by atoms with van der Waals surface area (Å²) < 4.78 is 12.9. The average Bonchev–Trinajstić information content (AvgIpc) is 2.77. The molecule has 0 fully saturated rings. The monoisotopic (exact) mass is 268 g/mol. The first-order chi connectivity index (χ1) is 8.56. The lowest BCUT2D eigenvalue weighted by atomic mass is 10.1. The van der Waals surface area contributed by atoms with Crippen molar-refractivity contribution in [3.8, 4) is 0 Å². The van der Waals surface area contributed by atoms with Gasteiger partial charge in [-0.3, -0.25) is 4.79 Å². The fraction of sp³-hybridized carbons (Fsp3) is 0.308. The van der Waals surface area contributed by atoms with E-state index in [1.807, 2.05) is 12.2 Å². The molecule has 0 aromatic heterocycles. The van der Waals surface area contributed by atoms with E-state index in [4.69, 9.17) is 17.3 Å². The van der Waals surface area contributed by atoms with Gasteiger partial charge in [0.05, 0.1) is 10.9 Å². The van der Waals surface area contributed by atoms with Gasteiger partial charge >= 0.3 is 0 Å². The minimum atomic E-state index is -0.462. The summed E-state index contributed by atoms with van der Waals surface area (Å²) in [4.78, 5) is 11.8. The van der Waals surface area contributed by atoms with Crippen LogP contribution in [0, 0.1) is 11.7 Å². The van der Waals surface area contributed by atoms with E-state index in [0.717, 1.165) is 5.56 Å². The molecule has 0 saturated carbocycles. The van der Waals surface area contributed by atoms with Gasteiger partial charge < -0.3 is 11.1 Å². The molecule has 1 aromatic carbocycles. The van der Waals surface area contributed by atoms with Gasteiger partial charge in [0.2, 0.25) is 5.91 Å². The molecule has 1 amide bonds. The predicted molar refractivity (Wildman–Crippen MR) is 68.5 cm³/mol. The Labute approximate surface area is 110 Å². The molecule has 2 rings (SSSR count). The van der Waals surface area contributed by atoms with Crippen molar-refractivity contribution in [1.82, 2.24) is 5.32 Å². The molecule has 0 aliphatic heterocycles. The highest BCUT2D eigenvalue weighted by atomic mass is 35.5. The number of carbonyl (C=O) groups is 1. The van der Waals surface area contributed by atoms with E-state index < -0.39 is 5.82 Å². The molecule has 3 N–H and O–H groups in total. The third kappa shape index (κ3) is 3.09. The van der Waals surface area contributed by atoms with Crippen LogP contribution in [0.15, 0.2) is 30.4 Å². The third-order valence-electron chi connectivity index (χ3n) is 2.90. The average molecular weight is 269 g/mol. The van der Waals surface area contributed by atoms with Crippen LogP contribution in [0.4, 0.5) is 4.39 Å². The number of carbonyl (C=O) groups excluding carboxylic acids is 1. The fourth-order valence-corrected chi connectivity index (χ4v) is 2.09. The molecular formula is C13H14ClFN2O. The summed E-state index contributed by atoms with van der Waals surface area (Å²) >= 11 is 5.66. The van der Waals surface area contributed by atoms with Gasteiger partial charge in [0.25, 0.3) is 0 Å². The number of amides is 1. The maximum absolute atomic E-state index is 12.9. The van der Waals surface area contributed by atoms with E-state index in [9.17, 15) is 9.18 Å². The van der Waals surface area contributed by atoms with Crippen molar-refractivity contribution in [2.24, 2.45) is 11.7 Å². The van der Waals surface area contributed by atoms with Crippen LogP contribution in [0.3, 0.4) is 0 Å². The summed E-state index contributed by atoms with van der Waals surface area (Å²) in [7, 11) is 0. The standard InChI is InChI=1S/C13H14ClFN2O/c14-11-5-8(1-4-12(11)15)7-17-13(18)9-2-3-10(16)6-9/h1-5,9-10H,6-7,16H2,(H,17,18). The van der Waals surface area contributed by atoms with Crippen molar-refractivity contribution >= 4 is 17.5 Å². The van der Waals surface area contributed by atoms with Crippen molar-refractivity contribution < 1.29 is 9.18 Å². The third-order valence-corrected chi connectivity index (χ3v) is 3.19. The van der Waals surface area contributed by atoms with Crippen LogP contribution in [0.25, 0.3) is 0 Å². The SMILES string of the molecule is NC1C=CC(C(=O)NCc2ccc(F)c(Cl)c2)C1. The minimum absolute atomic E-state index is 0.0407. The lowest BCUT2D eigenvalue weighted by molar-refractivity contribution is -0.123. The second-order valence-corrected chi connectivity index (χ2v) is 4.76. The Morgan fingerprint density at radius 3 is 2.89 bits per heavy atom. The molecule has 0 bridgehead atoms. The number of hydrogen-bond acceptors (Lipinski definition) is 2. The Bertz CT molecular complexity index is 490. The van der Waals surface area contributed by atoms with Crippen LogP contribution in [0.5, 0.6) is 0 Å². The molecule has 1 aliphatic carbocycles. The topological polar surface area (TPSA) is 55.1 Å². The highest BCUT2D eigenvalue weighted by Crippen LogP contribution is 2.18. The number of nitrogens with two attached hydrogens (primary N) is 1. The largest absolute Gasteiger partial charge is 0.352 e. The second-order valence-electron chi connectivity index (χ2n) is 4.36. The minimum Gasteiger partial charge on any atom is -0.352 e. The van der Waals surface area contributed by atoms with Gasteiger partial charge in [-0.15, -0.1) is 0 Å². The molecule has 3 nitrogen and oxygen atoms in total. The van der Waals surface area contributed by atoms with Gasteiger partial charge in [-0.25, -0.2) is 4.39 Å². The van der Waals surface area contributed by atoms with E-state index >= 15 is 0 Å². The van der Waals surface area contributed by atoms with Crippen LogP contribution in [0.1, 0.15) is 12.0 Å². The van der Waals surface area contributed by atoms with Crippen LogP contribution < -0.4 is 11.1 Å². The smallest absolute Gasteiger partial charge is 0.227 e. The van der Waals surface area contributed by atoms with E-state index in [-0.39, 0.29) is 22.9 Å². The maximum Gasteiger partial charge on any atom is 0.227 e. The normalized spacial score (nSPS) is 22.2. The Kier molecular flexibility index (Phi) is 3.99. The lowest BCUT2D eigenvalue weighted by Crippen LogP contribution is -2.30. The van der Waals surface area contributed by atoms with E-state index in [2.05, 4.69) is 5.32 Å². The number of hydrogen-bond donors (Lipinski definition) is 2. The molecule has 2 unspecified atom stereocenters. The Hall–Kier alpha value is -1.39. The summed E-state index contributed by atoms with van der Waals surface area (Å²) in [5, 5.41) is 2.84. The van der Waals surface area contributed by atoms with Crippen LogP contribution in [0.2, 0.25) is 5.02 Å². The summed E-state index contributed by atoms with van der Waals surface area (Å²) in [5.41, 5.74) is 6.45. The molecule has 18 heavy (non-hydrogen) atoms. The van der Waals surface area contributed by atoms with Gasteiger partial charge in [-0.2, -0.15) is 0 Å². The molecular weight excluding hydrogens is 255 g/mol. The molecule has 0 spiro atoms. The van der Waals surface area contributed by atoms with Crippen molar-refractivity contribution in [3.63, 3.8) is 0 Å². The Morgan fingerprint density at radius 1 is 1.50 bits per heavy atom. The van der Waals surface area contributed by atoms with E-state index in [1.54, 1.807) is 6.07 Å². The maximum atomic E-state index is 12.9. The number of halogens is 2. The van der Waals surface area contributed by atoms with Crippen molar-refractivity contribution in [2.45, 2.75) is 19.0 Å². The molecule has 96 valence electrons. The zero-order valence-electron chi connectivity index (χ0n) is 9.70. The molecule has 1 aliphatic rings. The molecule has 5 heteroatoms. The van der Waals surface area contributed by atoms with Gasteiger partial charge in [0, 0.05) is 12.6 Å². The van der Waals surface area contributed by atoms with E-state index in [1.165, 1.54) is 12.1 Å².